The van der Waals surface area contributed by atoms with Crippen molar-refractivity contribution in [1.29, 1.82) is 0 Å². The fraction of sp³-hybridized carbons (Fsp3) is 0.400. The average Bonchev–Trinajstić information content (AvgIpc) is 2.68. The number of hydrogen-bond acceptors (Lipinski definition) is 5. The Balaban J connectivity index is 2.08. The van der Waals surface area contributed by atoms with Crippen LogP contribution in [-0.4, -0.2) is 19.7 Å². The van der Waals surface area contributed by atoms with Crippen LogP contribution in [0.5, 0.6) is 0 Å². The summed E-state index contributed by atoms with van der Waals surface area (Å²) in [5.74, 6) is 0.256. The van der Waals surface area contributed by atoms with Gasteiger partial charge in [0.1, 0.15) is 6.33 Å². The maximum Gasteiger partial charge on any atom is 0.441 e. The summed E-state index contributed by atoms with van der Waals surface area (Å²) in [6, 6.07) is 1.84. The minimum atomic E-state index is -0.403. The lowest BCUT2D eigenvalue weighted by atomic mass is 10.2. The second-order valence-electron chi connectivity index (χ2n) is 3.31. The molecule has 2 aromatic rings. The van der Waals surface area contributed by atoms with Gasteiger partial charge in [-0.25, -0.2) is 14.8 Å². The molecular formula is C10H12N4O2. The van der Waals surface area contributed by atoms with Crippen LogP contribution in [0.4, 0.5) is 0 Å². The van der Waals surface area contributed by atoms with E-state index in [1.807, 2.05) is 13.0 Å². The Hall–Kier alpha value is -1.98. The molecule has 0 saturated carbocycles. The number of hydrogen-bond donors (Lipinski definition) is 0. The molecule has 0 aliphatic rings. The first-order valence-corrected chi connectivity index (χ1v) is 5.11. The van der Waals surface area contributed by atoms with Gasteiger partial charge in [0, 0.05) is 24.9 Å². The summed E-state index contributed by atoms with van der Waals surface area (Å²) >= 11 is 0. The zero-order valence-corrected chi connectivity index (χ0v) is 8.96. The summed E-state index contributed by atoms with van der Waals surface area (Å²) in [5, 5.41) is 3.73. The quantitative estimate of drug-likeness (QED) is 0.747. The molecule has 6 heteroatoms. The van der Waals surface area contributed by atoms with Crippen molar-refractivity contribution in [3.05, 3.63) is 40.7 Å². The lowest BCUT2D eigenvalue weighted by Crippen LogP contribution is -2.16. The van der Waals surface area contributed by atoms with Gasteiger partial charge in [0.15, 0.2) is 5.82 Å². The second kappa shape index (κ2) is 4.69. The van der Waals surface area contributed by atoms with E-state index in [1.54, 1.807) is 6.20 Å². The van der Waals surface area contributed by atoms with E-state index in [2.05, 4.69) is 19.6 Å². The number of rotatable bonds is 4. The van der Waals surface area contributed by atoms with E-state index in [9.17, 15) is 4.79 Å². The predicted molar refractivity (Wildman–Crippen MR) is 55.9 cm³/mol. The molecule has 0 amide bonds. The number of aromatic nitrogens is 4. The fourth-order valence-corrected chi connectivity index (χ4v) is 1.49. The molecule has 0 aliphatic heterocycles. The highest BCUT2D eigenvalue weighted by Gasteiger charge is 2.08. The summed E-state index contributed by atoms with van der Waals surface area (Å²) < 4.78 is 6.11. The Bertz CT molecular complexity index is 503. The molecule has 0 saturated heterocycles. The molecule has 2 aromatic heterocycles. The molecule has 2 rings (SSSR count). The summed E-state index contributed by atoms with van der Waals surface area (Å²) in [6.07, 6.45) is 4.55. The van der Waals surface area contributed by atoms with Crippen molar-refractivity contribution < 1.29 is 4.52 Å². The zero-order chi connectivity index (χ0) is 11.4. The van der Waals surface area contributed by atoms with Crippen LogP contribution in [0.25, 0.3) is 0 Å². The molecule has 0 aliphatic carbocycles. The Morgan fingerprint density at radius 3 is 3.00 bits per heavy atom. The summed E-state index contributed by atoms with van der Waals surface area (Å²) in [6.45, 7) is 2.45. The Kier molecular flexibility index (Phi) is 3.09. The van der Waals surface area contributed by atoms with Crippen LogP contribution in [0.1, 0.15) is 18.4 Å². The molecule has 0 N–H and O–H groups in total. The van der Waals surface area contributed by atoms with Crippen LogP contribution < -0.4 is 5.76 Å². The van der Waals surface area contributed by atoms with E-state index in [0.29, 0.717) is 25.2 Å². The van der Waals surface area contributed by atoms with Gasteiger partial charge in [0.25, 0.3) is 0 Å². The molecule has 0 fully saturated rings. The third-order valence-electron chi connectivity index (χ3n) is 2.33. The molecule has 84 valence electrons. The molecule has 2 heterocycles. The van der Waals surface area contributed by atoms with E-state index in [1.165, 1.54) is 10.9 Å². The minimum Gasteiger partial charge on any atom is -0.296 e. The first-order chi connectivity index (χ1) is 7.81. The maximum absolute atomic E-state index is 11.2. The number of aryl methyl sites for hydroxylation is 2. The third-order valence-corrected chi connectivity index (χ3v) is 2.33. The second-order valence-corrected chi connectivity index (χ2v) is 3.31. The highest BCUT2D eigenvalue weighted by molar-refractivity contribution is 5.00. The Labute approximate surface area is 91.9 Å². The maximum atomic E-state index is 11.2. The first-order valence-electron chi connectivity index (χ1n) is 5.11. The highest BCUT2D eigenvalue weighted by atomic mass is 16.5. The van der Waals surface area contributed by atoms with Gasteiger partial charge in [-0.2, -0.15) is 0 Å². The molecule has 0 radical (unpaired) electrons. The normalized spacial score (nSPS) is 10.6. The van der Waals surface area contributed by atoms with Gasteiger partial charge >= 0.3 is 5.76 Å². The van der Waals surface area contributed by atoms with Crippen LogP contribution in [0, 0.1) is 0 Å². The van der Waals surface area contributed by atoms with Crippen LogP contribution in [0.2, 0.25) is 0 Å². The van der Waals surface area contributed by atoms with Crippen molar-refractivity contribution in [2.24, 2.45) is 0 Å². The van der Waals surface area contributed by atoms with Gasteiger partial charge in [-0.05, 0) is 19.4 Å². The molecule has 0 atom stereocenters. The summed E-state index contributed by atoms with van der Waals surface area (Å²) in [7, 11) is 0. The van der Waals surface area contributed by atoms with Crippen molar-refractivity contribution in [2.75, 3.05) is 0 Å². The third kappa shape index (κ3) is 2.16. The lowest BCUT2D eigenvalue weighted by Gasteiger charge is -2.00. The Morgan fingerprint density at radius 2 is 2.31 bits per heavy atom. The van der Waals surface area contributed by atoms with Crippen LogP contribution >= 0.6 is 0 Å². The van der Waals surface area contributed by atoms with Crippen LogP contribution in [-0.2, 0) is 19.4 Å². The smallest absolute Gasteiger partial charge is 0.296 e. The lowest BCUT2D eigenvalue weighted by molar-refractivity contribution is 0.374. The fourth-order valence-electron chi connectivity index (χ4n) is 1.49. The van der Waals surface area contributed by atoms with E-state index in [-0.39, 0.29) is 0 Å². The zero-order valence-electron chi connectivity index (χ0n) is 8.96. The summed E-state index contributed by atoms with van der Waals surface area (Å²) in [4.78, 5) is 19.1. The van der Waals surface area contributed by atoms with Gasteiger partial charge < -0.3 is 0 Å². The molecule has 0 bridgehead atoms. The molecule has 16 heavy (non-hydrogen) atoms. The van der Waals surface area contributed by atoms with E-state index < -0.39 is 5.76 Å². The van der Waals surface area contributed by atoms with Crippen molar-refractivity contribution in [1.82, 2.24) is 19.7 Å². The van der Waals surface area contributed by atoms with Gasteiger partial charge in [-0.1, -0.05) is 5.16 Å². The van der Waals surface area contributed by atoms with Crippen LogP contribution in [0.15, 0.2) is 27.9 Å². The van der Waals surface area contributed by atoms with Crippen LogP contribution in [0.3, 0.4) is 0 Å². The van der Waals surface area contributed by atoms with Crippen molar-refractivity contribution in [2.45, 2.75) is 26.3 Å². The molecular weight excluding hydrogens is 208 g/mol. The Morgan fingerprint density at radius 1 is 1.44 bits per heavy atom. The van der Waals surface area contributed by atoms with Crippen molar-refractivity contribution in [3.8, 4) is 0 Å². The topological polar surface area (TPSA) is 73.8 Å². The van der Waals surface area contributed by atoms with Gasteiger partial charge in [0.05, 0.1) is 0 Å². The van der Waals surface area contributed by atoms with Gasteiger partial charge in [0.2, 0.25) is 0 Å². The van der Waals surface area contributed by atoms with E-state index >= 15 is 0 Å². The largest absolute Gasteiger partial charge is 0.441 e. The van der Waals surface area contributed by atoms with Crippen molar-refractivity contribution >= 4 is 0 Å². The molecule has 0 unspecified atom stereocenters. The number of nitrogens with zero attached hydrogens (tertiary/aromatic N) is 4. The van der Waals surface area contributed by atoms with E-state index in [4.69, 9.17) is 0 Å². The monoisotopic (exact) mass is 220 g/mol. The predicted octanol–water partition coefficient (Wildman–Crippen LogP) is 0.431. The summed E-state index contributed by atoms with van der Waals surface area (Å²) in [5.41, 5.74) is 0.924. The highest BCUT2D eigenvalue weighted by Crippen LogP contribution is 2.00. The standard InChI is InChI=1S/C10H12N4O2/c1-2-14-9(13-16-10(14)15)4-3-8-5-6-11-7-12-8/h5-7H,2-4H2,1H3. The van der Waals surface area contributed by atoms with E-state index in [0.717, 1.165) is 5.69 Å². The van der Waals surface area contributed by atoms with Crippen molar-refractivity contribution in [3.63, 3.8) is 0 Å². The molecule has 0 aromatic carbocycles. The van der Waals surface area contributed by atoms with Gasteiger partial charge in [-0.3, -0.25) is 9.09 Å². The minimum absolute atomic E-state index is 0.403. The first kappa shape index (κ1) is 10.5. The average molecular weight is 220 g/mol. The van der Waals surface area contributed by atoms with Gasteiger partial charge in [-0.15, -0.1) is 0 Å². The molecule has 6 nitrogen and oxygen atoms in total. The SMILES string of the molecule is CCn1c(CCc2ccncn2)noc1=O. The molecule has 0 spiro atoms.